The Labute approximate surface area is 179 Å². The van der Waals surface area contributed by atoms with E-state index in [2.05, 4.69) is 32.5 Å². The van der Waals surface area contributed by atoms with Gasteiger partial charge in [0.15, 0.2) is 0 Å². The first-order valence-corrected chi connectivity index (χ1v) is 10.9. The van der Waals surface area contributed by atoms with Crippen LogP contribution in [0.5, 0.6) is 0 Å². The average Bonchev–Trinajstić information content (AvgIpc) is 2.68. The van der Waals surface area contributed by atoms with Crippen molar-refractivity contribution < 1.29 is 18.0 Å². The van der Waals surface area contributed by atoms with Crippen molar-refractivity contribution in [2.75, 3.05) is 25.5 Å². The predicted molar refractivity (Wildman–Crippen MR) is 116 cm³/mol. The number of benzene rings is 2. The van der Waals surface area contributed by atoms with Crippen LogP contribution in [0, 0.1) is 6.92 Å². The summed E-state index contributed by atoms with van der Waals surface area (Å²) in [6.07, 6.45) is 1.44. The fourth-order valence-corrected chi connectivity index (χ4v) is 3.97. The topological polar surface area (TPSA) is 95.6 Å². The lowest BCUT2D eigenvalue weighted by Gasteiger charge is -2.17. The van der Waals surface area contributed by atoms with E-state index in [9.17, 15) is 18.0 Å². The SMILES string of the molecule is C=CCNS(=O)(=O)c1ccc(C(=O)N(C)CC(=O)Nc2ccc(Br)cc2C)cc1. The number of rotatable bonds is 8. The van der Waals surface area contributed by atoms with Gasteiger partial charge in [-0.25, -0.2) is 13.1 Å². The second kappa shape index (κ2) is 9.82. The van der Waals surface area contributed by atoms with Crippen LogP contribution in [0.3, 0.4) is 0 Å². The molecule has 2 N–H and O–H groups in total. The van der Waals surface area contributed by atoms with E-state index in [0.29, 0.717) is 5.69 Å². The van der Waals surface area contributed by atoms with Gasteiger partial charge in [-0.1, -0.05) is 22.0 Å². The lowest BCUT2D eigenvalue weighted by Crippen LogP contribution is -2.35. The van der Waals surface area contributed by atoms with Crippen molar-refractivity contribution in [1.82, 2.24) is 9.62 Å². The molecule has 0 saturated heterocycles. The molecule has 0 bridgehead atoms. The molecule has 0 spiro atoms. The Kier molecular flexibility index (Phi) is 7.72. The van der Waals surface area contributed by atoms with E-state index in [4.69, 9.17) is 0 Å². The molecule has 0 aliphatic rings. The van der Waals surface area contributed by atoms with Crippen molar-refractivity contribution in [2.24, 2.45) is 0 Å². The second-order valence-electron chi connectivity index (χ2n) is 6.33. The molecule has 2 amide bonds. The molecule has 0 unspecified atom stereocenters. The lowest BCUT2D eigenvalue weighted by molar-refractivity contribution is -0.116. The molecule has 0 saturated carbocycles. The third kappa shape index (κ3) is 6.25. The van der Waals surface area contributed by atoms with Crippen LogP contribution in [0.1, 0.15) is 15.9 Å². The number of aryl methyl sites for hydroxylation is 1. The zero-order valence-corrected chi connectivity index (χ0v) is 18.5. The summed E-state index contributed by atoms with van der Waals surface area (Å²) in [6.45, 7) is 5.30. The molecule has 0 fully saturated rings. The maximum absolute atomic E-state index is 12.5. The minimum Gasteiger partial charge on any atom is -0.332 e. The number of sulfonamides is 1. The van der Waals surface area contributed by atoms with E-state index in [1.165, 1.54) is 42.3 Å². The van der Waals surface area contributed by atoms with Crippen LogP contribution in [0.25, 0.3) is 0 Å². The van der Waals surface area contributed by atoms with Gasteiger partial charge in [-0.15, -0.1) is 6.58 Å². The van der Waals surface area contributed by atoms with Gasteiger partial charge in [0.05, 0.1) is 11.4 Å². The van der Waals surface area contributed by atoms with Crippen LogP contribution in [-0.2, 0) is 14.8 Å². The number of carbonyl (C=O) groups excluding carboxylic acids is 2. The molecular formula is C20H22BrN3O4S. The number of anilines is 1. The van der Waals surface area contributed by atoms with Crippen molar-refractivity contribution in [1.29, 1.82) is 0 Å². The summed E-state index contributed by atoms with van der Waals surface area (Å²) in [6, 6.07) is 11.0. The van der Waals surface area contributed by atoms with Gasteiger partial charge in [-0.3, -0.25) is 9.59 Å². The van der Waals surface area contributed by atoms with Crippen molar-refractivity contribution in [3.05, 3.63) is 70.7 Å². The van der Waals surface area contributed by atoms with E-state index in [1.807, 2.05) is 19.1 Å². The normalized spacial score (nSPS) is 11.0. The van der Waals surface area contributed by atoms with Gasteiger partial charge in [0.2, 0.25) is 15.9 Å². The van der Waals surface area contributed by atoms with Gasteiger partial charge in [-0.2, -0.15) is 0 Å². The number of nitrogens with one attached hydrogen (secondary N) is 2. The number of carbonyl (C=O) groups is 2. The molecule has 0 aromatic heterocycles. The molecule has 2 rings (SSSR count). The molecule has 0 aliphatic carbocycles. The Morgan fingerprint density at radius 1 is 1.17 bits per heavy atom. The van der Waals surface area contributed by atoms with Crippen molar-refractivity contribution in [2.45, 2.75) is 11.8 Å². The maximum atomic E-state index is 12.5. The fraction of sp³-hybridized carbons (Fsp3) is 0.200. The van der Waals surface area contributed by atoms with Crippen LogP contribution in [0.4, 0.5) is 5.69 Å². The third-order valence-corrected chi connectivity index (χ3v) is 5.95. The highest BCUT2D eigenvalue weighted by Crippen LogP contribution is 2.20. The summed E-state index contributed by atoms with van der Waals surface area (Å²) < 4.78 is 27.4. The Bertz CT molecular complexity index is 1020. The van der Waals surface area contributed by atoms with Gasteiger partial charge < -0.3 is 10.2 Å². The number of hydrogen-bond acceptors (Lipinski definition) is 4. The highest BCUT2D eigenvalue weighted by Gasteiger charge is 2.18. The maximum Gasteiger partial charge on any atom is 0.254 e. The molecule has 9 heteroatoms. The number of likely N-dealkylation sites (N-methyl/N-ethyl adjacent to an activating group) is 1. The smallest absolute Gasteiger partial charge is 0.254 e. The van der Waals surface area contributed by atoms with Crippen LogP contribution < -0.4 is 10.0 Å². The summed E-state index contributed by atoms with van der Waals surface area (Å²) in [4.78, 5) is 26.1. The monoisotopic (exact) mass is 479 g/mol. The minimum atomic E-state index is -3.66. The minimum absolute atomic E-state index is 0.0435. The van der Waals surface area contributed by atoms with Gasteiger partial charge in [0, 0.05) is 29.3 Å². The van der Waals surface area contributed by atoms with E-state index in [-0.39, 0.29) is 29.5 Å². The Hall–Kier alpha value is -2.49. The van der Waals surface area contributed by atoms with Crippen LogP contribution in [0.2, 0.25) is 0 Å². The highest BCUT2D eigenvalue weighted by atomic mass is 79.9. The molecule has 154 valence electrons. The first-order valence-electron chi connectivity index (χ1n) is 8.66. The Morgan fingerprint density at radius 3 is 2.41 bits per heavy atom. The molecule has 0 radical (unpaired) electrons. The molecular weight excluding hydrogens is 458 g/mol. The third-order valence-electron chi connectivity index (χ3n) is 4.02. The Morgan fingerprint density at radius 2 is 1.83 bits per heavy atom. The average molecular weight is 480 g/mol. The van der Waals surface area contributed by atoms with E-state index in [1.54, 1.807) is 6.07 Å². The number of hydrogen-bond donors (Lipinski definition) is 2. The summed E-state index contributed by atoms with van der Waals surface area (Å²) in [7, 11) is -2.15. The van der Waals surface area contributed by atoms with Crippen molar-refractivity contribution >= 4 is 43.5 Å². The number of halogens is 1. The zero-order valence-electron chi connectivity index (χ0n) is 16.1. The van der Waals surface area contributed by atoms with E-state index >= 15 is 0 Å². The molecule has 0 aliphatic heterocycles. The zero-order chi connectivity index (χ0) is 21.6. The summed E-state index contributed by atoms with van der Waals surface area (Å²) in [5, 5.41) is 2.77. The molecule has 0 atom stereocenters. The van der Waals surface area contributed by atoms with E-state index in [0.717, 1.165) is 10.0 Å². The van der Waals surface area contributed by atoms with Crippen LogP contribution >= 0.6 is 15.9 Å². The van der Waals surface area contributed by atoms with Crippen molar-refractivity contribution in [3.8, 4) is 0 Å². The van der Waals surface area contributed by atoms with E-state index < -0.39 is 15.9 Å². The number of nitrogens with zero attached hydrogens (tertiary/aromatic N) is 1. The molecule has 7 nitrogen and oxygen atoms in total. The van der Waals surface area contributed by atoms with Gasteiger partial charge in [0.25, 0.3) is 5.91 Å². The Balaban J connectivity index is 2.02. The molecule has 2 aromatic carbocycles. The quantitative estimate of drug-likeness (QED) is 0.568. The highest BCUT2D eigenvalue weighted by molar-refractivity contribution is 9.10. The summed E-state index contributed by atoms with van der Waals surface area (Å²) in [5.74, 6) is -0.727. The molecule has 0 heterocycles. The van der Waals surface area contributed by atoms with Crippen LogP contribution in [0.15, 0.2) is 64.5 Å². The summed E-state index contributed by atoms with van der Waals surface area (Å²) in [5.41, 5.74) is 1.84. The van der Waals surface area contributed by atoms with Gasteiger partial charge in [-0.05, 0) is 55.0 Å². The standard InChI is InChI=1S/C20H22BrN3O4S/c1-4-11-22-29(27,28)17-8-5-15(6-9-17)20(26)24(3)13-19(25)23-18-10-7-16(21)12-14(18)2/h4-10,12,22H,1,11,13H2,2-3H3,(H,23,25). The lowest BCUT2D eigenvalue weighted by atomic mass is 10.2. The predicted octanol–water partition coefficient (Wildman–Crippen LogP) is 2.93. The van der Waals surface area contributed by atoms with Crippen LogP contribution in [-0.4, -0.2) is 45.3 Å². The fourth-order valence-electron chi connectivity index (χ4n) is 2.49. The number of amides is 2. The largest absolute Gasteiger partial charge is 0.332 e. The van der Waals surface area contributed by atoms with Crippen molar-refractivity contribution in [3.63, 3.8) is 0 Å². The summed E-state index contributed by atoms with van der Waals surface area (Å²) >= 11 is 3.37. The molecule has 29 heavy (non-hydrogen) atoms. The van der Waals surface area contributed by atoms with Gasteiger partial charge >= 0.3 is 0 Å². The molecule has 2 aromatic rings. The van der Waals surface area contributed by atoms with Gasteiger partial charge in [0.1, 0.15) is 0 Å². The second-order valence-corrected chi connectivity index (χ2v) is 9.02. The first kappa shape index (κ1) is 22.8. The first-order chi connectivity index (χ1) is 13.6.